The summed E-state index contributed by atoms with van der Waals surface area (Å²) in [7, 11) is 0. The molecule has 1 heterocycles. The molecule has 1 saturated carbocycles. The van der Waals surface area contributed by atoms with E-state index in [9.17, 15) is 14.0 Å². The number of hydrogen-bond donors (Lipinski definition) is 1. The van der Waals surface area contributed by atoms with Gasteiger partial charge in [0.05, 0.1) is 0 Å². The van der Waals surface area contributed by atoms with Crippen molar-refractivity contribution in [3.05, 3.63) is 64.9 Å². The van der Waals surface area contributed by atoms with E-state index in [4.69, 9.17) is 21.1 Å². The zero-order valence-electron chi connectivity index (χ0n) is 16.9. The van der Waals surface area contributed by atoms with E-state index in [0.717, 1.165) is 25.7 Å². The Morgan fingerprint density at radius 1 is 1.16 bits per heavy atom. The smallest absolute Gasteiger partial charge is 0.415 e. The quantitative estimate of drug-likeness (QED) is 0.648. The number of benzene rings is 2. The highest BCUT2D eigenvalue weighted by Crippen LogP contribution is 2.38. The van der Waals surface area contributed by atoms with Crippen LogP contribution in [0.3, 0.4) is 0 Å². The number of anilines is 1. The van der Waals surface area contributed by atoms with Crippen molar-refractivity contribution in [1.82, 2.24) is 5.32 Å². The monoisotopic (exact) mass is 446 g/mol. The molecule has 6 nitrogen and oxygen atoms in total. The maximum atomic E-state index is 13.9. The van der Waals surface area contributed by atoms with Gasteiger partial charge in [0, 0.05) is 16.8 Å². The van der Waals surface area contributed by atoms with Crippen molar-refractivity contribution in [2.24, 2.45) is 0 Å². The molecule has 4 rings (SSSR count). The van der Waals surface area contributed by atoms with Crippen molar-refractivity contribution in [2.45, 2.75) is 50.3 Å². The predicted octanol–water partition coefficient (Wildman–Crippen LogP) is 5.60. The number of nitrogens with one attached hydrogen (secondary N) is 1. The molecule has 1 aliphatic carbocycles. The van der Waals surface area contributed by atoms with Crippen molar-refractivity contribution in [3.63, 3.8) is 0 Å². The Hall–Kier alpha value is -2.80. The first kappa shape index (κ1) is 21.4. The third kappa shape index (κ3) is 5.10. The molecule has 2 fully saturated rings. The zero-order valence-corrected chi connectivity index (χ0v) is 17.7. The summed E-state index contributed by atoms with van der Waals surface area (Å²) in [6.45, 7) is -0.143. The SMILES string of the molecule is O=C(NC1CCCCC1)OC[C@@H]1OC(=O)N(c2ccc(Cl)cc2)[C@H]1c1cccc(F)c1. The maximum absolute atomic E-state index is 13.9. The summed E-state index contributed by atoms with van der Waals surface area (Å²) in [6.07, 6.45) is 3.30. The van der Waals surface area contributed by atoms with Crippen molar-refractivity contribution in [3.8, 4) is 0 Å². The van der Waals surface area contributed by atoms with Crippen LogP contribution in [0.25, 0.3) is 0 Å². The van der Waals surface area contributed by atoms with Crippen LogP contribution in [0, 0.1) is 5.82 Å². The van der Waals surface area contributed by atoms with Gasteiger partial charge in [0.1, 0.15) is 18.5 Å². The number of hydrogen-bond acceptors (Lipinski definition) is 4. The number of carbonyl (C=O) groups excluding carboxylic acids is 2. The standard InChI is InChI=1S/C23H24ClFN2O4/c24-16-9-11-19(12-10-16)27-21(15-5-4-6-17(25)13-15)20(31-23(27)29)14-30-22(28)26-18-7-2-1-3-8-18/h4-6,9-13,18,20-21H,1-3,7-8,14H2,(H,26,28)/t20-,21-/m0/s1. The Morgan fingerprint density at radius 3 is 2.61 bits per heavy atom. The van der Waals surface area contributed by atoms with Crippen LogP contribution in [-0.4, -0.2) is 30.9 Å². The minimum atomic E-state index is -0.790. The molecule has 0 bridgehead atoms. The summed E-state index contributed by atoms with van der Waals surface area (Å²) in [4.78, 5) is 26.4. The van der Waals surface area contributed by atoms with Crippen molar-refractivity contribution >= 4 is 29.5 Å². The van der Waals surface area contributed by atoms with Crippen LogP contribution in [0.4, 0.5) is 19.7 Å². The second kappa shape index (κ2) is 9.56. The summed E-state index contributed by atoms with van der Waals surface area (Å²) >= 11 is 5.97. The number of carbonyl (C=O) groups is 2. The van der Waals surface area contributed by atoms with Gasteiger partial charge in [-0.2, -0.15) is 0 Å². The van der Waals surface area contributed by atoms with Crippen LogP contribution in [0.15, 0.2) is 48.5 Å². The normalized spacial score (nSPS) is 21.6. The summed E-state index contributed by atoms with van der Waals surface area (Å²) in [6, 6.07) is 12.1. The summed E-state index contributed by atoms with van der Waals surface area (Å²) in [5.74, 6) is -0.428. The molecule has 1 N–H and O–H groups in total. The summed E-state index contributed by atoms with van der Waals surface area (Å²) in [5.41, 5.74) is 1.10. The number of rotatable bonds is 5. The van der Waals surface area contributed by atoms with Crippen LogP contribution >= 0.6 is 11.6 Å². The highest BCUT2D eigenvalue weighted by molar-refractivity contribution is 6.30. The molecule has 2 amide bonds. The molecule has 2 aliphatic rings. The Labute approximate surface area is 185 Å². The molecule has 2 aromatic rings. The molecule has 164 valence electrons. The Bertz CT molecular complexity index is 933. The van der Waals surface area contributed by atoms with Gasteiger partial charge in [-0.15, -0.1) is 0 Å². The molecule has 0 unspecified atom stereocenters. The zero-order chi connectivity index (χ0) is 21.8. The highest BCUT2D eigenvalue weighted by atomic mass is 35.5. The topological polar surface area (TPSA) is 67.9 Å². The number of nitrogens with zero attached hydrogens (tertiary/aromatic N) is 1. The Balaban J connectivity index is 1.52. The van der Waals surface area contributed by atoms with Gasteiger partial charge in [-0.3, -0.25) is 4.90 Å². The van der Waals surface area contributed by atoms with Crippen LogP contribution in [0.2, 0.25) is 5.02 Å². The molecule has 1 aliphatic heterocycles. The van der Waals surface area contributed by atoms with Gasteiger partial charge in [0.15, 0.2) is 6.10 Å². The Kier molecular flexibility index (Phi) is 6.61. The van der Waals surface area contributed by atoms with Gasteiger partial charge in [0.25, 0.3) is 0 Å². The second-order valence-electron chi connectivity index (χ2n) is 7.85. The largest absolute Gasteiger partial charge is 0.446 e. The first-order valence-electron chi connectivity index (χ1n) is 10.5. The van der Waals surface area contributed by atoms with Gasteiger partial charge < -0.3 is 14.8 Å². The fraction of sp³-hybridized carbons (Fsp3) is 0.391. The van der Waals surface area contributed by atoms with E-state index in [-0.39, 0.29) is 12.6 Å². The summed E-state index contributed by atoms with van der Waals surface area (Å²) in [5, 5.41) is 3.40. The lowest BCUT2D eigenvalue weighted by atomic mass is 9.96. The van der Waals surface area contributed by atoms with Gasteiger partial charge in [-0.05, 0) is 54.8 Å². The first-order valence-corrected chi connectivity index (χ1v) is 10.8. The third-order valence-corrected chi connectivity index (χ3v) is 5.93. The number of ether oxygens (including phenoxy) is 2. The lowest BCUT2D eigenvalue weighted by molar-refractivity contribution is 0.0608. The van der Waals surface area contributed by atoms with Crippen LogP contribution in [-0.2, 0) is 9.47 Å². The van der Waals surface area contributed by atoms with E-state index in [1.54, 1.807) is 36.4 Å². The number of alkyl carbamates (subject to hydrolysis) is 1. The predicted molar refractivity (Wildman–Crippen MR) is 115 cm³/mol. The molecule has 0 spiro atoms. The van der Waals surface area contributed by atoms with Gasteiger partial charge in [-0.1, -0.05) is 43.0 Å². The van der Waals surface area contributed by atoms with E-state index in [1.807, 2.05) is 0 Å². The van der Waals surface area contributed by atoms with E-state index in [0.29, 0.717) is 16.3 Å². The van der Waals surface area contributed by atoms with E-state index < -0.39 is 30.1 Å². The van der Waals surface area contributed by atoms with Gasteiger partial charge in [-0.25, -0.2) is 14.0 Å². The lowest BCUT2D eigenvalue weighted by Gasteiger charge is -2.26. The number of amides is 2. The molecule has 2 aromatic carbocycles. The number of halogens is 2. The Morgan fingerprint density at radius 2 is 1.90 bits per heavy atom. The molecule has 0 radical (unpaired) electrons. The second-order valence-corrected chi connectivity index (χ2v) is 8.28. The van der Waals surface area contributed by atoms with Crippen LogP contribution in [0.5, 0.6) is 0 Å². The lowest BCUT2D eigenvalue weighted by Crippen LogP contribution is -2.38. The van der Waals surface area contributed by atoms with Gasteiger partial charge >= 0.3 is 12.2 Å². The van der Waals surface area contributed by atoms with Crippen molar-refractivity contribution in [2.75, 3.05) is 11.5 Å². The molecule has 0 aromatic heterocycles. The van der Waals surface area contributed by atoms with Gasteiger partial charge in [0.2, 0.25) is 0 Å². The molecule has 8 heteroatoms. The fourth-order valence-corrected chi connectivity index (χ4v) is 4.32. The average Bonchev–Trinajstić information content (AvgIpc) is 3.10. The van der Waals surface area contributed by atoms with E-state index >= 15 is 0 Å². The minimum Gasteiger partial charge on any atom is -0.446 e. The number of cyclic esters (lactones) is 1. The average molecular weight is 447 g/mol. The molecule has 31 heavy (non-hydrogen) atoms. The van der Waals surface area contributed by atoms with Crippen molar-refractivity contribution in [1.29, 1.82) is 0 Å². The molecular formula is C23H24ClFN2O4. The minimum absolute atomic E-state index is 0.108. The van der Waals surface area contributed by atoms with Crippen LogP contribution < -0.4 is 10.2 Å². The maximum Gasteiger partial charge on any atom is 0.415 e. The first-order chi connectivity index (χ1) is 15.0. The van der Waals surface area contributed by atoms with Crippen LogP contribution in [0.1, 0.15) is 43.7 Å². The van der Waals surface area contributed by atoms with E-state index in [1.165, 1.54) is 23.5 Å². The molecule has 1 saturated heterocycles. The fourth-order valence-electron chi connectivity index (χ4n) is 4.19. The van der Waals surface area contributed by atoms with E-state index in [2.05, 4.69) is 5.32 Å². The van der Waals surface area contributed by atoms with Crippen molar-refractivity contribution < 1.29 is 23.5 Å². The summed E-state index contributed by atoms with van der Waals surface area (Å²) < 4.78 is 24.9. The molecule has 2 atom stereocenters. The highest BCUT2D eigenvalue weighted by Gasteiger charge is 2.44. The third-order valence-electron chi connectivity index (χ3n) is 5.68. The molecular weight excluding hydrogens is 423 g/mol.